The molecule has 1 aromatic carbocycles. The van der Waals surface area contributed by atoms with Gasteiger partial charge in [0.05, 0.1) is 18.9 Å². The maximum absolute atomic E-state index is 12.9. The smallest absolute Gasteiger partial charge is 0.296 e. The van der Waals surface area contributed by atoms with Gasteiger partial charge in [-0.1, -0.05) is 0 Å². The highest BCUT2D eigenvalue weighted by Crippen LogP contribution is 2.40. The van der Waals surface area contributed by atoms with Gasteiger partial charge < -0.3 is 19.2 Å². The molecule has 7 nitrogen and oxygen atoms in total. The van der Waals surface area contributed by atoms with Crippen molar-refractivity contribution in [2.45, 2.75) is 12.6 Å². The number of likely N-dealkylation sites (tertiary alicyclic amines) is 1. The van der Waals surface area contributed by atoms with Crippen molar-refractivity contribution in [1.82, 2.24) is 9.88 Å². The molecular formula is C22H18N2O5. The molecule has 2 aromatic heterocycles. The van der Waals surface area contributed by atoms with E-state index in [1.54, 1.807) is 60.9 Å². The standard InChI is InChI=1S/C22H18N2O5/c1-28-16-6-4-15(5-7-16)20(25)18-19(17-3-2-12-29-17)24(22(27)21(18)26)13-14-8-10-23-11-9-14/h2-12,19,25H,13H2,1H3/b20-18-. The number of furan rings is 1. The van der Waals surface area contributed by atoms with E-state index in [9.17, 15) is 14.7 Å². The number of ketones is 1. The zero-order chi connectivity index (χ0) is 20.4. The number of amides is 1. The molecule has 1 saturated heterocycles. The van der Waals surface area contributed by atoms with Crippen molar-refractivity contribution < 1.29 is 23.8 Å². The third-order valence-electron chi connectivity index (χ3n) is 4.82. The number of methoxy groups -OCH3 is 1. The van der Waals surface area contributed by atoms with Crippen LogP contribution in [0.3, 0.4) is 0 Å². The van der Waals surface area contributed by atoms with Gasteiger partial charge in [-0.3, -0.25) is 14.6 Å². The summed E-state index contributed by atoms with van der Waals surface area (Å²) in [6, 6.07) is 12.7. The monoisotopic (exact) mass is 390 g/mol. The van der Waals surface area contributed by atoms with Crippen LogP contribution in [0.15, 0.2) is 77.2 Å². The molecule has 1 N–H and O–H groups in total. The van der Waals surface area contributed by atoms with Crippen LogP contribution < -0.4 is 4.74 Å². The summed E-state index contributed by atoms with van der Waals surface area (Å²) in [5, 5.41) is 10.9. The second-order valence-corrected chi connectivity index (χ2v) is 6.53. The van der Waals surface area contributed by atoms with Crippen molar-refractivity contribution in [3.8, 4) is 5.75 Å². The van der Waals surface area contributed by atoms with Gasteiger partial charge in [0.2, 0.25) is 0 Å². The van der Waals surface area contributed by atoms with Gasteiger partial charge in [0.15, 0.2) is 0 Å². The quantitative estimate of drug-likeness (QED) is 0.408. The molecule has 3 aromatic rings. The Balaban J connectivity index is 1.81. The lowest BCUT2D eigenvalue weighted by atomic mass is 9.99. The number of Topliss-reactive ketones (excluding diaryl/α,β-unsaturated/α-hetero) is 1. The van der Waals surface area contributed by atoms with Crippen LogP contribution in [0.4, 0.5) is 0 Å². The highest BCUT2D eigenvalue weighted by Gasteiger charge is 2.47. The van der Waals surface area contributed by atoms with Gasteiger partial charge in [0.1, 0.15) is 23.3 Å². The molecule has 1 fully saturated rings. The third-order valence-corrected chi connectivity index (χ3v) is 4.82. The van der Waals surface area contributed by atoms with Crippen LogP contribution in [0.1, 0.15) is 22.9 Å². The molecule has 4 rings (SSSR count). The Morgan fingerprint density at radius 1 is 1.14 bits per heavy atom. The molecular weight excluding hydrogens is 372 g/mol. The molecule has 0 spiro atoms. The summed E-state index contributed by atoms with van der Waals surface area (Å²) < 4.78 is 10.6. The Morgan fingerprint density at radius 3 is 2.48 bits per heavy atom. The minimum atomic E-state index is -0.833. The van der Waals surface area contributed by atoms with Gasteiger partial charge >= 0.3 is 0 Å². The van der Waals surface area contributed by atoms with Crippen molar-refractivity contribution in [2.24, 2.45) is 0 Å². The van der Waals surface area contributed by atoms with Crippen molar-refractivity contribution in [3.05, 3.63) is 89.6 Å². The van der Waals surface area contributed by atoms with Crippen LogP contribution in [0.2, 0.25) is 0 Å². The zero-order valence-electron chi connectivity index (χ0n) is 15.6. The number of aromatic nitrogens is 1. The SMILES string of the molecule is COc1ccc(/C(O)=C2/C(=O)C(=O)N(Cc3ccncc3)C2c2ccco2)cc1. The molecule has 1 atom stereocenters. The number of carbonyl (C=O) groups excluding carboxylic acids is 2. The first-order valence-corrected chi connectivity index (χ1v) is 8.95. The first-order valence-electron chi connectivity index (χ1n) is 8.95. The average Bonchev–Trinajstić information content (AvgIpc) is 3.37. The Kier molecular flexibility index (Phi) is 4.87. The molecule has 1 amide bonds. The van der Waals surface area contributed by atoms with Crippen molar-refractivity contribution >= 4 is 17.4 Å². The maximum Gasteiger partial charge on any atom is 0.296 e. The molecule has 29 heavy (non-hydrogen) atoms. The van der Waals surface area contributed by atoms with Crippen LogP contribution in [-0.2, 0) is 16.1 Å². The lowest BCUT2D eigenvalue weighted by molar-refractivity contribution is -0.140. The number of pyridine rings is 1. The second kappa shape index (κ2) is 7.63. The minimum Gasteiger partial charge on any atom is -0.507 e. The number of carbonyl (C=O) groups is 2. The van der Waals surface area contributed by atoms with E-state index in [4.69, 9.17) is 9.15 Å². The summed E-state index contributed by atoms with van der Waals surface area (Å²) >= 11 is 0. The molecule has 146 valence electrons. The summed E-state index contributed by atoms with van der Waals surface area (Å²) in [5.41, 5.74) is 1.20. The van der Waals surface area contributed by atoms with Gasteiger partial charge in [-0.2, -0.15) is 0 Å². The fourth-order valence-corrected chi connectivity index (χ4v) is 3.38. The first kappa shape index (κ1) is 18.5. The van der Waals surface area contributed by atoms with E-state index in [0.29, 0.717) is 17.1 Å². The van der Waals surface area contributed by atoms with Gasteiger partial charge in [-0.25, -0.2) is 0 Å². The summed E-state index contributed by atoms with van der Waals surface area (Å²) in [4.78, 5) is 31.0. The summed E-state index contributed by atoms with van der Waals surface area (Å²) in [5.74, 6) is -0.702. The van der Waals surface area contributed by atoms with E-state index in [2.05, 4.69) is 4.98 Å². The number of benzene rings is 1. The molecule has 0 radical (unpaired) electrons. The largest absolute Gasteiger partial charge is 0.507 e. The number of aliphatic hydroxyl groups excluding tert-OH is 1. The minimum absolute atomic E-state index is 0.0100. The highest BCUT2D eigenvalue weighted by atomic mass is 16.5. The normalized spacial score (nSPS) is 18.2. The second-order valence-electron chi connectivity index (χ2n) is 6.53. The van der Waals surface area contributed by atoms with Crippen molar-refractivity contribution in [1.29, 1.82) is 0 Å². The molecule has 1 aliphatic heterocycles. The van der Waals surface area contributed by atoms with Crippen LogP contribution in [0.25, 0.3) is 5.76 Å². The molecule has 1 unspecified atom stereocenters. The first-order chi connectivity index (χ1) is 14.1. The third kappa shape index (κ3) is 3.38. The zero-order valence-corrected chi connectivity index (χ0v) is 15.6. The fourth-order valence-electron chi connectivity index (χ4n) is 3.38. The van der Waals surface area contributed by atoms with Crippen LogP contribution >= 0.6 is 0 Å². The van der Waals surface area contributed by atoms with E-state index in [-0.39, 0.29) is 17.9 Å². The fraction of sp³-hybridized carbons (Fsp3) is 0.136. The lowest BCUT2D eigenvalue weighted by Gasteiger charge is -2.23. The Labute approximate surface area is 166 Å². The molecule has 0 saturated carbocycles. The van der Waals surface area contributed by atoms with Gasteiger partial charge in [-0.05, 0) is 54.1 Å². The predicted octanol–water partition coefficient (Wildman–Crippen LogP) is 3.31. The number of rotatable bonds is 5. The van der Waals surface area contributed by atoms with Crippen LogP contribution in [0.5, 0.6) is 5.75 Å². The molecule has 3 heterocycles. The number of hydrogen-bond acceptors (Lipinski definition) is 6. The van der Waals surface area contributed by atoms with Crippen molar-refractivity contribution in [3.63, 3.8) is 0 Å². The van der Waals surface area contributed by atoms with Crippen LogP contribution in [0, 0.1) is 0 Å². The Hall–Kier alpha value is -3.87. The summed E-state index contributed by atoms with van der Waals surface area (Å²) in [7, 11) is 1.54. The summed E-state index contributed by atoms with van der Waals surface area (Å²) in [6.45, 7) is 0.178. The van der Waals surface area contributed by atoms with E-state index in [1.807, 2.05) is 0 Å². The van der Waals surface area contributed by atoms with Gasteiger partial charge in [-0.15, -0.1) is 0 Å². The van der Waals surface area contributed by atoms with E-state index in [0.717, 1.165) is 5.56 Å². The number of nitrogens with zero attached hydrogens (tertiary/aromatic N) is 2. The predicted molar refractivity (Wildman–Crippen MR) is 104 cm³/mol. The Bertz CT molecular complexity index is 1060. The van der Waals surface area contributed by atoms with Crippen molar-refractivity contribution in [2.75, 3.05) is 7.11 Å². The van der Waals surface area contributed by atoms with E-state index in [1.165, 1.54) is 18.3 Å². The van der Waals surface area contributed by atoms with E-state index < -0.39 is 17.7 Å². The highest BCUT2D eigenvalue weighted by molar-refractivity contribution is 6.46. The summed E-state index contributed by atoms with van der Waals surface area (Å²) in [6.07, 6.45) is 4.70. The van der Waals surface area contributed by atoms with E-state index >= 15 is 0 Å². The molecule has 0 bridgehead atoms. The van der Waals surface area contributed by atoms with Gasteiger partial charge in [0.25, 0.3) is 11.7 Å². The number of hydrogen-bond donors (Lipinski definition) is 1. The molecule has 7 heteroatoms. The van der Waals surface area contributed by atoms with Crippen LogP contribution in [-0.4, -0.2) is 33.8 Å². The number of aliphatic hydroxyl groups is 1. The molecule has 1 aliphatic rings. The number of ether oxygens (including phenoxy) is 1. The van der Waals surface area contributed by atoms with Gasteiger partial charge in [0, 0.05) is 24.5 Å². The maximum atomic E-state index is 12.9. The topological polar surface area (TPSA) is 92.9 Å². The average molecular weight is 390 g/mol. The lowest BCUT2D eigenvalue weighted by Crippen LogP contribution is -2.29. The molecule has 0 aliphatic carbocycles. The Morgan fingerprint density at radius 2 is 1.86 bits per heavy atom.